The van der Waals surface area contributed by atoms with Crippen LogP contribution in [-0.2, 0) is 14.3 Å². The second-order valence-corrected chi connectivity index (χ2v) is 6.52. The van der Waals surface area contributed by atoms with Crippen LogP contribution in [0.3, 0.4) is 0 Å². The van der Waals surface area contributed by atoms with E-state index in [0.717, 1.165) is 6.42 Å². The topological polar surface area (TPSA) is 64.6 Å². The molecule has 0 rings (SSSR count). The van der Waals surface area contributed by atoms with Gasteiger partial charge in [-0.05, 0) is 48.0 Å². The Morgan fingerprint density at radius 2 is 1.47 bits per heavy atom. The van der Waals surface area contributed by atoms with Gasteiger partial charge in [0.25, 0.3) is 0 Å². The summed E-state index contributed by atoms with van der Waals surface area (Å²) in [6.45, 7) is 12.6. The Morgan fingerprint density at radius 1 is 1.00 bits per heavy atom. The van der Waals surface area contributed by atoms with Gasteiger partial charge in [0.05, 0.1) is 0 Å². The summed E-state index contributed by atoms with van der Waals surface area (Å²) in [5, 5.41) is 2.56. The number of alkyl carbamates (subject to hydrolysis) is 1. The molecule has 0 saturated heterocycles. The van der Waals surface area contributed by atoms with Crippen LogP contribution in [0.4, 0.5) is 4.79 Å². The molecule has 5 heteroatoms. The first-order valence-corrected chi connectivity index (χ1v) is 6.67. The van der Waals surface area contributed by atoms with Crippen molar-refractivity contribution < 1.29 is 19.1 Å². The first-order chi connectivity index (χ1) is 8.44. The maximum atomic E-state index is 12.0. The van der Waals surface area contributed by atoms with Crippen LogP contribution in [0.15, 0.2) is 0 Å². The van der Waals surface area contributed by atoms with E-state index in [1.807, 2.05) is 6.92 Å². The normalized spacial score (nSPS) is 13.6. The van der Waals surface area contributed by atoms with Gasteiger partial charge in [0.15, 0.2) is 0 Å². The molecule has 112 valence electrons. The molecule has 1 amide bonds. The van der Waals surface area contributed by atoms with Crippen LogP contribution in [-0.4, -0.2) is 29.3 Å². The summed E-state index contributed by atoms with van der Waals surface area (Å²) in [5.74, 6) is -0.430. The molecule has 0 aromatic heterocycles. The van der Waals surface area contributed by atoms with Crippen molar-refractivity contribution >= 4 is 12.1 Å². The summed E-state index contributed by atoms with van der Waals surface area (Å²) in [4.78, 5) is 23.6. The summed E-state index contributed by atoms with van der Waals surface area (Å²) in [6.07, 6.45) is 0.685. The average molecular weight is 273 g/mol. The zero-order valence-electron chi connectivity index (χ0n) is 13.1. The summed E-state index contributed by atoms with van der Waals surface area (Å²) in [5.41, 5.74) is -1.16. The first kappa shape index (κ1) is 17.7. The fraction of sp³-hybridized carbons (Fsp3) is 0.857. The maximum Gasteiger partial charge on any atom is 0.408 e. The molecule has 5 nitrogen and oxygen atoms in total. The van der Waals surface area contributed by atoms with E-state index in [4.69, 9.17) is 9.47 Å². The molecule has 0 aliphatic carbocycles. The lowest BCUT2D eigenvalue weighted by atomic mass is 10.1. The Morgan fingerprint density at radius 3 is 1.84 bits per heavy atom. The average Bonchev–Trinajstić information content (AvgIpc) is 2.10. The lowest BCUT2D eigenvalue weighted by Crippen LogP contribution is -2.45. The van der Waals surface area contributed by atoms with Crippen molar-refractivity contribution in [2.24, 2.45) is 0 Å². The van der Waals surface area contributed by atoms with E-state index < -0.39 is 29.3 Å². The quantitative estimate of drug-likeness (QED) is 0.800. The number of carbonyl (C=O) groups excluding carboxylic acids is 2. The number of amides is 1. The van der Waals surface area contributed by atoms with Gasteiger partial charge in [0.1, 0.15) is 17.2 Å². The van der Waals surface area contributed by atoms with Gasteiger partial charge in [-0.25, -0.2) is 9.59 Å². The second kappa shape index (κ2) is 6.78. The van der Waals surface area contributed by atoms with Crippen LogP contribution in [0.2, 0.25) is 0 Å². The zero-order valence-corrected chi connectivity index (χ0v) is 13.1. The molecule has 0 aliphatic rings. The highest BCUT2D eigenvalue weighted by molar-refractivity contribution is 5.81. The molecule has 0 unspecified atom stereocenters. The van der Waals surface area contributed by atoms with E-state index in [0.29, 0.717) is 6.42 Å². The Bertz CT molecular complexity index is 312. The molecule has 1 N–H and O–H groups in total. The van der Waals surface area contributed by atoms with Crippen molar-refractivity contribution in [3.05, 3.63) is 0 Å². The molecule has 0 bridgehead atoms. The number of hydrogen-bond donors (Lipinski definition) is 1. The van der Waals surface area contributed by atoms with Crippen molar-refractivity contribution in [1.29, 1.82) is 0 Å². The van der Waals surface area contributed by atoms with Crippen molar-refractivity contribution in [1.82, 2.24) is 5.32 Å². The summed E-state index contributed by atoms with van der Waals surface area (Å²) >= 11 is 0. The molecule has 19 heavy (non-hydrogen) atoms. The first-order valence-electron chi connectivity index (χ1n) is 6.67. The molecule has 1 atom stereocenters. The molecule has 0 heterocycles. The molecular formula is C14H27NO4. The van der Waals surface area contributed by atoms with E-state index in [-0.39, 0.29) is 0 Å². The second-order valence-electron chi connectivity index (χ2n) is 6.52. The number of ether oxygens (including phenoxy) is 2. The largest absolute Gasteiger partial charge is 0.458 e. The Kier molecular flexibility index (Phi) is 6.33. The molecule has 0 aromatic carbocycles. The van der Waals surface area contributed by atoms with Crippen molar-refractivity contribution in [3.8, 4) is 0 Å². The van der Waals surface area contributed by atoms with E-state index in [1.54, 1.807) is 41.5 Å². The van der Waals surface area contributed by atoms with Crippen molar-refractivity contribution in [2.75, 3.05) is 0 Å². The van der Waals surface area contributed by atoms with Gasteiger partial charge in [-0.15, -0.1) is 0 Å². The third-order valence-corrected chi connectivity index (χ3v) is 1.96. The monoisotopic (exact) mass is 273 g/mol. The van der Waals surface area contributed by atoms with Gasteiger partial charge in [-0.2, -0.15) is 0 Å². The lowest BCUT2D eigenvalue weighted by Gasteiger charge is -2.26. The highest BCUT2D eigenvalue weighted by Crippen LogP contribution is 2.12. The molecule has 0 spiro atoms. The Hall–Kier alpha value is -1.26. The number of esters is 1. The Balaban J connectivity index is 4.57. The van der Waals surface area contributed by atoms with Gasteiger partial charge >= 0.3 is 12.1 Å². The number of rotatable bonds is 4. The summed E-state index contributed by atoms with van der Waals surface area (Å²) in [7, 11) is 0. The third-order valence-electron chi connectivity index (χ3n) is 1.96. The minimum Gasteiger partial charge on any atom is -0.458 e. The lowest BCUT2D eigenvalue weighted by molar-refractivity contribution is -0.157. The zero-order chi connectivity index (χ0) is 15.3. The standard InChI is InChI=1S/C14H27NO4/c1-8-9-10(11(16)18-13(2,3)4)15-12(17)19-14(5,6)7/h10H,8-9H2,1-7H3,(H,15,17)/t10-/m0/s1. The fourth-order valence-corrected chi connectivity index (χ4v) is 1.36. The molecular weight excluding hydrogens is 246 g/mol. The van der Waals surface area contributed by atoms with Gasteiger partial charge in [-0.1, -0.05) is 13.3 Å². The van der Waals surface area contributed by atoms with Crippen LogP contribution in [0.5, 0.6) is 0 Å². The maximum absolute atomic E-state index is 12.0. The van der Waals surface area contributed by atoms with Crippen LogP contribution < -0.4 is 5.32 Å². The van der Waals surface area contributed by atoms with Gasteiger partial charge < -0.3 is 14.8 Å². The molecule has 0 saturated carbocycles. The Labute approximate surface area is 116 Å². The van der Waals surface area contributed by atoms with Gasteiger partial charge in [0, 0.05) is 0 Å². The van der Waals surface area contributed by atoms with E-state index in [1.165, 1.54) is 0 Å². The predicted octanol–water partition coefficient (Wildman–Crippen LogP) is 3.02. The van der Waals surface area contributed by atoms with Crippen LogP contribution in [0, 0.1) is 0 Å². The number of carbonyl (C=O) groups is 2. The van der Waals surface area contributed by atoms with Crippen molar-refractivity contribution in [3.63, 3.8) is 0 Å². The molecule has 0 radical (unpaired) electrons. The molecule has 0 aromatic rings. The highest BCUT2D eigenvalue weighted by atomic mass is 16.6. The van der Waals surface area contributed by atoms with Gasteiger partial charge in [0.2, 0.25) is 0 Å². The minimum atomic E-state index is -0.668. The number of nitrogens with one attached hydrogen (secondary N) is 1. The molecule has 0 aliphatic heterocycles. The third kappa shape index (κ3) is 9.33. The summed E-state index contributed by atoms with van der Waals surface area (Å²) in [6, 6.07) is -0.668. The van der Waals surface area contributed by atoms with E-state index >= 15 is 0 Å². The SMILES string of the molecule is CCC[C@H](NC(=O)OC(C)(C)C)C(=O)OC(C)(C)C. The van der Waals surface area contributed by atoms with E-state index in [2.05, 4.69) is 5.32 Å². The summed E-state index contributed by atoms with van der Waals surface area (Å²) < 4.78 is 10.4. The fourth-order valence-electron chi connectivity index (χ4n) is 1.36. The van der Waals surface area contributed by atoms with Gasteiger partial charge in [-0.3, -0.25) is 0 Å². The van der Waals surface area contributed by atoms with Crippen molar-refractivity contribution in [2.45, 2.75) is 78.6 Å². The van der Waals surface area contributed by atoms with Crippen LogP contribution >= 0.6 is 0 Å². The highest BCUT2D eigenvalue weighted by Gasteiger charge is 2.27. The minimum absolute atomic E-state index is 0.430. The smallest absolute Gasteiger partial charge is 0.408 e. The van der Waals surface area contributed by atoms with E-state index in [9.17, 15) is 9.59 Å². The number of hydrogen-bond acceptors (Lipinski definition) is 4. The molecule has 0 fully saturated rings. The van der Waals surface area contributed by atoms with Crippen LogP contribution in [0.1, 0.15) is 61.3 Å². The van der Waals surface area contributed by atoms with Crippen LogP contribution in [0.25, 0.3) is 0 Å². The predicted molar refractivity (Wildman–Crippen MR) is 73.9 cm³/mol.